The minimum absolute atomic E-state index is 0.102. The zero-order chi connectivity index (χ0) is 12.2. The molecule has 0 aliphatic carbocycles. The van der Waals surface area contributed by atoms with Crippen molar-refractivity contribution in [2.24, 2.45) is 5.84 Å². The van der Waals surface area contributed by atoms with Gasteiger partial charge in [0.25, 0.3) is 0 Å². The van der Waals surface area contributed by atoms with Crippen molar-refractivity contribution in [1.29, 1.82) is 0 Å². The summed E-state index contributed by atoms with van der Waals surface area (Å²) in [5.41, 5.74) is 1.88. The number of halogens is 4. The summed E-state index contributed by atoms with van der Waals surface area (Å²) in [4.78, 5) is 0. The second kappa shape index (κ2) is 5.10. The van der Waals surface area contributed by atoms with Crippen molar-refractivity contribution in [2.45, 2.75) is 6.18 Å². The van der Waals surface area contributed by atoms with Crippen molar-refractivity contribution in [1.82, 2.24) is 0 Å². The van der Waals surface area contributed by atoms with Crippen LogP contribution in [0.1, 0.15) is 11.1 Å². The van der Waals surface area contributed by atoms with Gasteiger partial charge in [0.05, 0.1) is 17.1 Å². The Morgan fingerprint density at radius 3 is 2.56 bits per heavy atom. The molecule has 2 nitrogen and oxygen atoms in total. The van der Waals surface area contributed by atoms with Crippen molar-refractivity contribution in [3.63, 3.8) is 0 Å². The number of anilines is 1. The molecule has 0 aliphatic rings. The second-order valence-electron chi connectivity index (χ2n) is 2.84. The number of benzene rings is 1. The molecular weight excluding hydrogens is 241 g/mol. The van der Waals surface area contributed by atoms with Gasteiger partial charge in [-0.2, -0.15) is 13.2 Å². The van der Waals surface area contributed by atoms with Gasteiger partial charge in [0, 0.05) is 5.56 Å². The van der Waals surface area contributed by atoms with Gasteiger partial charge >= 0.3 is 6.18 Å². The molecule has 0 aromatic heterocycles. The molecule has 1 aromatic rings. The first-order valence-corrected chi connectivity index (χ1v) is 4.75. The van der Waals surface area contributed by atoms with Gasteiger partial charge in [-0.3, -0.25) is 5.84 Å². The molecule has 86 valence electrons. The van der Waals surface area contributed by atoms with E-state index in [1.165, 1.54) is 6.07 Å². The minimum Gasteiger partial charge on any atom is -0.323 e. The summed E-state index contributed by atoms with van der Waals surface area (Å²) in [6.07, 6.45) is -4.40. The van der Waals surface area contributed by atoms with Gasteiger partial charge in [0.15, 0.2) is 0 Å². The maximum Gasteiger partial charge on any atom is 0.416 e. The molecule has 0 heterocycles. The van der Waals surface area contributed by atoms with Crippen LogP contribution >= 0.6 is 11.6 Å². The van der Waals surface area contributed by atoms with Crippen molar-refractivity contribution >= 4 is 17.3 Å². The molecular formula is C10H8ClF3N2. The van der Waals surface area contributed by atoms with Crippen LogP contribution in [0.5, 0.6) is 0 Å². The SMILES string of the molecule is NNc1cc(C(F)(F)F)ccc1C#CCCl. The lowest BCUT2D eigenvalue weighted by Crippen LogP contribution is -2.11. The first-order valence-electron chi connectivity index (χ1n) is 4.21. The first-order chi connectivity index (χ1) is 7.49. The molecule has 0 unspecified atom stereocenters. The Kier molecular flexibility index (Phi) is 4.05. The fourth-order valence-electron chi connectivity index (χ4n) is 1.08. The van der Waals surface area contributed by atoms with Crippen LogP contribution in [0.3, 0.4) is 0 Å². The number of hydrogen-bond donors (Lipinski definition) is 2. The predicted molar refractivity (Wildman–Crippen MR) is 56.9 cm³/mol. The predicted octanol–water partition coefficient (Wildman–Crippen LogP) is 2.58. The van der Waals surface area contributed by atoms with Crippen molar-refractivity contribution in [3.05, 3.63) is 29.3 Å². The third-order valence-corrected chi connectivity index (χ3v) is 1.93. The topological polar surface area (TPSA) is 38.0 Å². The molecule has 0 fully saturated rings. The standard InChI is InChI=1S/C10H8ClF3N2/c11-5-1-2-7-3-4-8(10(12,13)14)6-9(7)16-15/h3-4,6,16H,5,15H2. The summed E-state index contributed by atoms with van der Waals surface area (Å²) >= 11 is 5.35. The average molecular weight is 249 g/mol. The number of hydrazine groups is 1. The molecule has 3 N–H and O–H groups in total. The van der Waals surface area contributed by atoms with Crippen LogP contribution in [0, 0.1) is 11.8 Å². The molecule has 0 spiro atoms. The third kappa shape index (κ3) is 3.05. The highest BCUT2D eigenvalue weighted by atomic mass is 35.5. The fourth-order valence-corrected chi connectivity index (χ4v) is 1.14. The molecule has 0 saturated carbocycles. The van der Waals surface area contributed by atoms with E-state index in [0.717, 1.165) is 12.1 Å². The maximum absolute atomic E-state index is 12.4. The highest BCUT2D eigenvalue weighted by Crippen LogP contribution is 2.31. The van der Waals surface area contributed by atoms with Gasteiger partial charge in [-0.25, -0.2) is 0 Å². The van der Waals surface area contributed by atoms with Gasteiger partial charge in [0.1, 0.15) is 0 Å². The number of hydrogen-bond acceptors (Lipinski definition) is 2. The molecule has 0 radical (unpaired) electrons. The molecule has 0 amide bonds. The number of nitrogens with two attached hydrogens (primary N) is 1. The van der Waals surface area contributed by atoms with E-state index < -0.39 is 11.7 Å². The largest absolute Gasteiger partial charge is 0.416 e. The summed E-state index contributed by atoms with van der Waals surface area (Å²) < 4.78 is 37.1. The summed E-state index contributed by atoms with van der Waals surface area (Å²) in [5.74, 6) is 10.4. The van der Waals surface area contributed by atoms with Crippen LogP contribution in [0.15, 0.2) is 18.2 Å². The first kappa shape index (κ1) is 12.7. The summed E-state index contributed by atoms with van der Waals surface area (Å²) in [6.45, 7) is 0. The smallest absolute Gasteiger partial charge is 0.323 e. The van der Waals surface area contributed by atoms with Crippen LogP contribution < -0.4 is 11.3 Å². The van der Waals surface area contributed by atoms with Crippen LogP contribution in [-0.2, 0) is 6.18 Å². The molecule has 0 aliphatic heterocycles. The summed E-state index contributed by atoms with van der Waals surface area (Å²) in [5, 5.41) is 0. The summed E-state index contributed by atoms with van der Waals surface area (Å²) in [6, 6.07) is 3.09. The Labute approximate surface area is 95.6 Å². The Balaban J connectivity index is 3.17. The van der Waals surface area contributed by atoms with E-state index in [-0.39, 0.29) is 11.6 Å². The van der Waals surface area contributed by atoms with Gasteiger partial charge in [-0.15, -0.1) is 11.6 Å². The zero-order valence-electron chi connectivity index (χ0n) is 8.03. The Morgan fingerprint density at radius 2 is 2.06 bits per heavy atom. The van der Waals surface area contributed by atoms with E-state index in [1.54, 1.807) is 0 Å². The third-order valence-electron chi connectivity index (χ3n) is 1.79. The van der Waals surface area contributed by atoms with E-state index in [0.29, 0.717) is 5.56 Å². The number of alkyl halides is 4. The Bertz CT molecular complexity index is 432. The molecule has 1 aromatic carbocycles. The Hall–Kier alpha value is -1.38. The lowest BCUT2D eigenvalue weighted by Gasteiger charge is -2.10. The van der Waals surface area contributed by atoms with Crippen LogP contribution in [0.4, 0.5) is 18.9 Å². The van der Waals surface area contributed by atoms with Gasteiger partial charge in [0.2, 0.25) is 0 Å². The van der Waals surface area contributed by atoms with Crippen molar-refractivity contribution in [2.75, 3.05) is 11.3 Å². The lowest BCUT2D eigenvalue weighted by molar-refractivity contribution is -0.137. The van der Waals surface area contributed by atoms with E-state index >= 15 is 0 Å². The van der Waals surface area contributed by atoms with E-state index in [9.17, 15) is 13.2 Å². The van der Waals surface area contributed by atoms with Crippen LogP contribution in [-0.4, -0.2) is 5.88 Å². The van der Waals surface area contributed by atoms with E-state index in [1.807, 2.05) is 0 Å². The van der Waals surface area contributed by atoms with Gasteiger partial charge in [-0.1, -0.05) is 11.8 Å². The normalized spacial score (nSPS) is 10.6. The maximum atomic E-state index is 12.4. The fraction of sp³-hybridized carbons (Fsp3) is 0.200. The number of nitrogen functional groups attached to an aromatic ring is 1. The Morgan fingerprint density at radius 1 is 1.38 bits per heavy atom. The zero-order valence-corrected chi connectivity index (χ0v) is 8.78. The minimum atomic E-state index is -4.40. The molecule has 16 heavy (non-hydrogen) atoms. The number of nitrogens with one attached hydrogen (secondary N) is 1. The van der Waals surface area contributed by atoms with Crippen LogP contribution in [0.2, 0.25) is 0 Å². The van der Waals surface area contributed by atoms with E-state index in [4.69, 9.17) is 17.4 Å². The second-order valence-corrected chi connectivity index (χ2v) is 3.11. The van der Waals surface area contributed by atoms with Crippen molar-refractivity contribution < 1.29 is 13.2 Å². The summed E-state index contributed by atoms with van der Waals surface area (Å²) in [7, 11) is 0. The molecule has 0 bridgehead atoms. The van der Waals surface area contributed by atoms with E-state index in [2.05, 4.69) is 17.3 Å². The number of rotatable bonds is 1. The molecule has 6 heteroatoms. The van der Waals surface area contributed by atoms with Gasteiger partial charge < -0.3 is 5.43 Å². The average Bonchev–Trinajstić information content (AvgIpc) is 2.24. The molecule has 1 rings (SSSR count). The van der Waals surface area contributed by atoms with Gasteiger partial charge in [-0.05, 0) is 18.2 Å². The highest BCUT2D eigenvalue weighted by Gasteiger charge is 2.30. The highest BCUT2D eigenvalue weighted by molar-refractivity contribution is 6.19. The monoisotopic (exact) mass is 248 g/mol. The molecule has 0 atom stereocenters. The lowest BCUT2D eigenvalue weighted by atomic mass is 10.1. The van der Waals surface area contributed by atoms with Crippen LogP contribution in [0.25, 0.3) is 0 Å². The quantitative estimate of drug-likeness (QED) is 0.347. The molecule has 0 saturated heterocycles. The van der Waals surface area contributed by atoms with Crippen molar-refractivity contribution in [3.8, 4) is 11.8 Å².